The maximum Gasteiger partial charge on any atom is 0.0801 e. The second-order valence-electron chi connectivity index (χ2n) is 1.83. The van der Waals surface area contributed by atoms with Crippen molar-refractivity contribution < 1.29 is 9.84 Å². The third kappa shape index (κ3) is 7.92. The minimum absolute atomic E-state index is 0.0556. The number of methoxy groups -OCH3 is 1. The minimum Gasteiger partial charge on any atom is -0.394 e. The van der Waals surface area contributed by atoms with Crippen molar-refractivity contribution in [1.29, 1.82) is 0 Å². The standard InChI is InChI=1S/C6H14O2.C2H6/c1-3-4-6(5-7)8-2;1-2/h6-7H,3-5H2,1-2H3;1-2H3. The number of hydrogen-bond acceptors (Lipinski definition) is 2. The average Bonchev–Trinajstić information content (AvgIpc) is 2.04. The first-order valence-corrected chi connectivity index (χ1v) is 3.98. The monoisotopic (exact) mass is 148 g/mol. The van der Waals surface area contributed by atoms with Crippen LogP contribution < -0.4 is 0 Å². The summed E-state index contributed by atoms with van der Waals surface area (Å²) < 4.78 is 4.89. The van der Waals surface area contributed by atoms with Crippen LogP contribution in [0.5, 0.6) is 0 Å². The zero-order valence-electron chi connectivity index (χ0n) is 7.55. The molecule has 0 saturated heterocycles. The summed E-state index contributed by atoms with van der Waals surface area (Å²) in [5.41, 5.74) is 0. The van der Waals surface area contributed by atoms with Gasteiger partial charge in [-0.1, -0.05) is 27.2 Å². The van der Waals surface area contributed by atoms with Crippen LogP contribution in [-0.2, 0) is 4.74 Å². The first kappa shape index (κ1) is 12.6. The molecule has 0 aromatic carbocycles. The van der Waals surface area contributed by atoms with Gasteiger partial charge in [0.25, 0.3) is 0 Å². The van der Waals surface area contributed by atoms with Gasteiger partial charge >= 0.3 is 0 Å². The van der Waals surface area contributed by atoms with Crippen LogP contribution in [0.15, 0.2) is 0 Å². The molecule has 0 rings (SSSR count). The number of hydrogen-bond donors (Lipinski definition) is 1. The van der Waals surface area contributed by atoms with E-state index in [1.54, 1.807) is 7.11 Å². The lowest BCUT2D eigenvalue weighted by Crippen LogP contribution is -2.14. The van der Waals surface area contributed by atoms with Gasteiger partial charge in [0.2, 0.25) is 0 Å². The van der Waals surface area contributed by atoms with Crippen molar-refractivity contribution in [3.8, 4) is 0 Å². The molecule has 0 spiro atoms. The molecule has 0 bridgehead atoms. The number of ether oxygens (including phenoxy) is 1. The van der Waals surface area contributed by atoms with Crippen LogP contribution in [0.1, 0.15) is 33.6 Å². The normalized spacial score (nSPS) is 11.7. The Morgan fingerprint density at radius 1 is 1.40 bits per heavy atom. The van der Waals surface area contributed by atoms with Crippen LogP contribution >= 0.6 is 0 Å². The molecule has 2 heteroatoms. The largest absolute Gasteiger partial charge is 0.394 e. The van der Waals surface area contributed by atoms with Gasteiger partial charge < -0.3 is 9.84 Å². The SMILES string of the molecule is CC.CCCC(CO)OC. The van der Waals surface area contributed by atoms with Crippen molar-refractivity contribution in [2.75, 3.05) is 13.7 Å². The molecule has 0 amide bonds. The fourth-order valence-corrected chi connectivity index (χ4v) is 0.606. The molecule has 0 aromatic rings. The highest BCUT2D eigenvalue weighted by molar-refractivity contribution is 4.51. The second kappa shape index (κ2) is 11.7. The lowest BCUT2D eigenvalue weighted by atomic mass is 10.2. The van der Waals surface area contributed by atoms with Crippen molar-refractivity contribution in [2.24, 2.45) is 0 Å². The van der Waals surface area contributed by atoms with Crippen molar-refractivity contribution in [1.82, 2.24) is 0 Å². The predicted molar refractivity (Wildman–Crippen MR) is 44.1 cm³/mol. The van der Waals surface area contributed by atoms with Gasteiger partial charge in [0.15, 0.2) is 0 Å². The van der Waals surface area contributed by atoms with Crippen LogP contribution in [0.4, 0.5) is 0 Å². The van der Waals surface area contributed by atoms with Crippen molar-refractivity contribution >= 4 is 0 Å². The highest BCUT2D eigenvalue weighted by Gasteiger charge is 2.00. The van der Waals surface area contributed by atoms with Crippen molar-refractivity contribution in [3.05, 3.63) is 0 Å². The van der Waals surface area contributed by atoms with Gasteiger partial charge in [-0.05, 0) is 6.42 Å². The first-order valence-electron chi connectivity index (χ1n) is 3.98. The Morgan fingerprint density at radius 3 is 2.00 bits per heavy atom. The zero-order chi connectivity index (χ0) is 8.41. The molecule has 0 aliphatic rings. The molecule has 64 valence electrons. The van der Waals surface area contributed by atoms with Crippen molar-refractivity contribution in [3.63, 3.8) is 0 Å². The summed E-state index contributed by atoms with van der Waals surface area (Å²) in [5.74, 6) is 0. The maximum absolute atomic E-state index is 8.53. The smallest absolute Gasteiger partial charge is 0.0801 e. The molecule has 0 aliphatic carbocycles. The van der Waals surface area contributed by atoms with E-state index in [0.717, 1.165) is 12.8 Å². The highest BCUT2D eigenvalue weighted by Crippen LogP contribution is 1.97. The molecule has 1 unspecified atom stereocenters. The number of aliphatic hydroxyl groups is 1. The van der Waals surface area contributed by atoms with E-state index in [9.17, 15) is 0 Å². The third-order valence-corrected chi connectivity index (χ3v) is 1.15. The van der Waals surface area contributed by atoms with Crippen LogP contribution in [-0.4, -0.2) is 24.9 Å². The van der Waals surface area contributed by atoms with Crippen LogP contribution in [0.3, 0.4) is 0 Å². The summed E-state index contributed by atoms with van der Waals surface area (Å²) >= 11 is 0. The highest BCUT2D eigenvalue weighted by atomic mass is 16.5. The Morgan fingerprint density at radius 2 is 1.90 bits per heavy atom. The van der Waals surface area contributed by atoms with Crippen molar-refractivity contribution in [2.45, 2.75) is 39.7 Å². The molecule has 0 radical (unpaired) electrons. The average molecular weight is 148 g/mol. The molecule has 0 saturated carbocycles. The molecule has 0 aromatic heterocycles. The van der Waals surface area contributed by atoms with E-state index in [1.165, 1.54) is 0 Å². The first-order chi connectivity index (χ1) is 4.85. The van der Waals surface area contributed by atoms with E-state index in [2.05, 4.69) is 6.92 Å². The number of aliphatic hydroxyl groups excluding tert-OH is 1. The Hall–Kier alpha value is -0.0800. The third-order valence-electron chi connectivity index (χ3n) is 1.15. The molecule has 2 nitrogen and oxygen atoms in total. The topological polar surface area (TPSA) is 29.5 Å². The van der Waals surface area contributed by atoms with E-state index in [4.69, 9.17) is 9.84 Å². The van der Waals surface area contributed by atoms with E-state index >= 15 is 0 Å². The zero-order valence-corrected chi connectivity index (χ0v) is 7.55. The molecule has 0 heterocycles. The van der Waals surface area contributed by atoms with Crippen LogP contribution in [0.25, 0.3) is 0 Å². The number of rotatable bonds is 4. The molecular weight excluding hydrogens is 128 g/mol. The molecular formula is C8H20O2. The van der Waals surface area contributed by atoms with E-state index < -0.39 is 0 Å². The lowest BCUT2D eigenvalue weighted by molar-refractivity contribution is 0.0428. The minimum atomic E-state index is 0.0556. The Kier molecular flexibility index (Phi) is 14.7. The Balaban J connectivity index is 0. The van der Waals surface area contributed by atoms with Gasteiger partial charge in [0, 0.05) is 7.11 Å². The quantitative estimate of drug-likeness (QED) is 0.659. The fourth-order valence-electron chi connectivity index (χ4n) is 0.606. The van der Waals surface area contributed by atoms with Gasteiger partial charge in [0.1, 0.15) is 0 Å². The summed E-state index contributed by atoms with van der Waals surface area (Å²) in [4.78, 5) is 0. The summed E-state index contributed by atoms with van der Waals surface area (Å²) in [6, 6.07) is 0. The molecule has 1 N–H and O–H groups in total. The van der Waals surface area contributed by atoms with Gasteiger partial charge in [-0.25, -0.2) is 0 Å². The second-order valence-corrected chi connectivity index (χ2v) is 1.83. The van der Waals surface area contributed by atoms with Gasteiger partial charge in [0.05, 0.1) is 12.7 Å². The van der Waals surface area contributed by atoms with Gasteiger partial charge in [-0.3, -0.25) is 0 Å². The molecule has 10 heavy (non-hydrogen) atoms. The van der Waals surface area contributed by atoms with Crippen LogP contribution in [0.2, 0.25) is 0 Å². The molecule has 1 atom stereocenters. The molecule has 0 fully saturated rings. The van der Waals surface area contributed by atoms with E-state index in [-0.39, 0.29) is 12.7 Å². The van der Waals surface area contributed by atoms with Gasteiger partial charge in [-0.2, -0.15) is 0 Å². The van der Waals surface area contributed by atoms with E-state index in [0.29, 0.717) is 0 Å². The Labute approximate surface area is 64.2 Å². The van der Waals surface area contributed by atoms with Gasteiger partial charge in [-0.15, -0.1) is 0 Å². The maximum atomic E-state index is 8.53. The van der Waals surface area contributed by atoms with E-state index in [1.807, 2.05) is 13.8 Å². The Bertz CT molecular complexity index is 42.5. The summed E-state index contributed by atoms with van der Waals surface area (Å²) in [5, 5.41) is 8.53. The lowest BCUT2D eigenvalue weighted by Gasteiger charge is -2.08. The predicted octanol–water partition coefficient (Wildman–Crippen LogP) is 1.82. The summed E-state index contributed by atoms with van der Waals surface area (Å²) in [6.45, 7) is 6.21. The molecule has 0 aliphatic heterocycles. The summed E-state index contributed by atoms with van der Waals surface area (Å²) in [6.07, 6.45) is 2.08. The fraction of sp³-hybridized carbons (Fsp3) is 1.00. The summed E-state index contributed by atoms with van der Waals surface area (Å²) in [7, 11) is 1.62. The van der Waals surface area contributed by atoms with Crippen LogP contribution in [0, 0.1) is 0 Å².